The van der Waals surface area contributed by atoms with Gasteiger partial charge in [-0.25, -0.2) is 0 Å². The molecule has 0 unspecified atom stereocenters. The maximum atomic E-state index is 4.22. The molecule has 152 valence electrons. The minimum Gasteiger partial charge on any atom is -0.310 e. The highest BCUT2D eigenvalue weighted by atomic mass is 15.1. The van der Waals surface area contributed by atoms with Gasteiger partial charge < -0.3 is 9.47 Å². The Morgan fingerprint density at radius 1 is 0.500 bits per heavy atom. The van der Waals surface area contributed by atoms with Crippen molar-refractivity contribution < 1.29 is 0 Å². The van der Waals surface area contributed by atoms with Gasteiger partial charge in [0.05, 0.1) is 11.0 Å². The molecule has 0 fully saturated rings. The van der Waals surface area contributed by atoms with E-state index in [1.807, 2.05) is 30.6 Å². The van der Waals surface area contributed by atoms with Crippen LogP contribution in [0, 0.1) is 0 Å². The first-order chi connectivity index (χ1) is 15.9. The summed E-state index contributed by atoms with van der Waals surface area (Å²) in [5.74, 6) is 0. The highest BCUT2D eigenvalue weighted by molar-refractivity contribution is 6.10. The maximum absolute atomic E-state index is 4.22. The van der Waals surface area contributed by atoms with Crippen LogP contribution in [-0.4, -0.2) is 9.55 Å². The molecule has 0 saturated heterocycles. The maximum Gasteiger partial charge on any atom is 0.0561 e. The molecule has 0 spiro atoms. The summed E-state index contributed by atoms with van der Waals surface area (Å²) in [5, 5.41) is 2.50. The van der Waals surface area contributed by atoms with Gasteiger partial charge in [-0.3, -0.25) is 4.98 Å². The van der Waals surface area contributed by atoms with Crippen LogP contribution in [0.3, 0.4) is 0 Å². The number of aromatic nitrogens is 2. The molecule has 3 heteroatoms. The summed E-state index contributed by atoms with van der Waals surface area (Å²) < 4.78 is 2.35. The third-order valence-corrected chi connectivity index (χ3v) is 5.87. The van der Waals surface area contributed by atoms with Crippen LogP contribution in [-0.2, 0) is 0 Å². The van der Waals surface area contributed by atoms with E-state index in [1.54, 1.807) is 0 Å². The molecule has 0 bridgehead atoms. The van der Waals surface area contributed by atoms with E-state index < -0.39 is 0 Å². The molecule has 2 heterocycles. The predicted octanol–water partition coefficient (Wildman–Crippen LogP) is 7.65. The third kappa shape index (κ3) is 3.03. The SMILES string of the molecule is c1ccc(N(c2ccncc2)c2ccc3c4ccccc4n(-c4ccccc4)c3c2)cc1. The van der Waals surface area contributed by atoms with E-state index in [2.05, 4.69) is 112 Å². The van der Waals surface area contributed by atoms with Crippen molar-refractivity contribution in [1.82, 2.24) is 9.55 Å². The molecule has 0 radical (unpaired) electrons. The molecule has 4 aromatic carbocycles. The fourth-order valence-electron chi connectivity index (χ4n) is 4.47. The van der Waals surface area contributed by atoms with Crippen molar-refractivity contribution >= 4 is 38.9 Å². The van der Waals surface area contributed by atoms with E-state index >= 15 is 0 Å². The monoisotopic (exact) mass is 411 g/mol. The molecule has 32 heavy (non-hydrogen) atoms. The van der Waals surface area contributed by atoms with Crippen molar-refractivity contribution in [2.45, 2.75) is 0 Å². The van der Waals surface area contributed by atoms with Crippen molar-refractivity contribution in [3.8, 4) is 5.69 Å². The molecule has 2 aromatic heterocycles. The molecule has 0 atom stereocenters. The molecule has 0 aliphatic heterocycles. The van der Waals surface area contributed by atoms with Gasteiger partial charge in [0, 0.05) is 45.9 Å². The Labute approximate surface area is 186 Å². The predicted molar refractivity (Wildman–Crippen MR) is 133 cm³/mol. The fraction of sp³-hybridized carbons (Fsp3) is 0. The zero-order valence-corrected chi connectivity index (χ0v) is 17.5. The number of para-hydroxylation sites is 3. The Balaban J connectivity index is 1.65. The second-order valence-electron chi connectivity index (χ2n) is 7.77. The van der Waals surface area contributed by atoms with Crippen LogP contribution in [0.1, 0.15) is 0 Å². The Hall–Kier alpha value is -4.37. The number of hydrogen-bond donors (Lipinski definition) is 0. The number of rotatable bonds is 4. The standard InChI is InChI=1S/C29H21N3/c1-3-9-22(10-4-1)31(24-17-19-30-20-18-24)25-15-16-27-26-13-7-8-14-28(26)32(29(27)21-25)23-11-5-2-6-12-23/h1-21H. The zero-order chi connectivity index (χ0) is 21.3. The molecule has 0 aliphatic rings. The molecule has 6 rings (SSSR count). The number of nitrogens with zero attached hydrogens (tertiary/aromatic N) is 3. The quantitative estimate of drug-likeness (QED) is 0.297. The first-order valence-corrected chi connectivity index (χ1v) is 10.7. The average Bonchev–Trinajstić information content (AvgIpc) is 3.20. The van der Waals surface area contributed by atoms with Crippen LogP contribution < -0.4 is 4.90 Å². The summed E-state index contributed by atoms with van der Waals surface area (Å²) in [4.78, 5) is 6.49. The molecule has 3 nitrogen and oxygen atoms in total. The van der Waals surface area contributed by atoms with Crippen LogP contribution in [0.4, 0.5) is 17.1 Å². The van der Waals surface area contributed by atoms with Crippen molar-refractivity contribution in [1.29, 1.82) is 0 Å². The Bertz CT molecular complexity index is 1460. The van der Waals surface area contributed by atoms with Gasteiger partial charge in [0.2, 0.25) is 0 Å². The molecular weight excluding hydrogens is 390 g/mol. The van der Waals surface area contributed by atoms with Crippen LogP contribution in [0.25, 0.3) is 27.5 Å². The highest BCUT2D eigenvalue weighted by Gasteiger charge is 2.16. The lowest BCUT2D eigenvalue weighted by molar-refractivity contribution is 1.18. The smallest absolute Gasteiger partial charge is 0.0561 e. The second kappa shape index (κ2) is 7.71. The summed E-state index contributed by atoms with van der Waals surface area (Å²) in [5.41, 5.74) is 6.85. The summed E-state index contributed by atoms with van der Waals surface area (Å²) in [6, 6.07) is 40.5. The summed E-state index contributed by atoms with van der Waals surface area (Å²) in [6.07, 6.45) is 3.68. The number of pyridine rings is 1. The second-order valence-corrected chi connectivity index (χ2v) is 7.77. The minimum absolute atomic E-state index is 1.08. The first-order valence-electron chi connectivity index (χ1n) is 10.7. The number of fused-ring (bicyclic) bond motifs is 3. The largest absolute Gasteiger partial charge is 0.310 e. The van der Waals surface area contributed by atoms with E-state index in [-0.39, 0.29) is 0 Å². The molecule has 0 aliphatic carbocycles. The minimum atomic E-state index is 1.08. The fourth-order valence-corrected chi connectivity index (χ4v) is 4.47. The number of hydrogen-bond acceptors (Lipinski definition) is 2. The Kier molecular flexibility index (Phi) is 4.43. The van der Waals surface area contributed by atoms with Gasteiger partial charge >= 0.3 is 0 Å². The zero-order valence-electron chi connectivity index (χ0n) is 17.5. The van der Waals surface area contributed by atoms with Gasteiger partial charge in [-0.2, -0.15) is 0 Å². The molecule has 6 aromatic rings. The summed E-state index contributed by atoms with van der Waals surface area (Å²) in [6.45, 7) is 0. The van der Waals surface area contributed by atoms with Crippen molar-refractivity contribution in [3.63, 3.8) is 0 Å². The van der Waals surface area contributed by atoms with E-state index in [1.165, 1.54) is 21.8 Å². The van der Waals surface area contributed by atoms with Crippen molar-refractivity contribution in [2.75, 3.05) is 4.90 Å². The van der Waals surface area contributed by atoms with E-state index in [0.29, 0.717) is 0 Å². The van der Waals surface area contributed by atoms with Crippen LogP contribution in [0.2, 0.25) is 0 Å². The molecular formula is C29H21N3. The van der Waals surface area contributed by atoms with Gasteiger partial charge in [0.1, 0.15) is 0 Å². The van der Waals surface area contributed by atoms with E-state index in [9.17, 15) is 0 Å². The molecule has 0 saturated carbocycles. The Morgan fingerprint density at radius 3 is 1.91 bits per heavy atom. The molecule has 0 N–H and O–H groups in total. The van der Waals surface area contributed by atoms with Crippen molar-refractivity contribution in [3.05, 3.63) is 128 Å². The lowest BCUT2D eigenvalue weighted by Crippen LogP contribution is -2.10. The van der Waals surface area contributed by atoms with Gasteiger partial charge in [-0.05, 0) is 54.6 Å². The van der Waals surface area contributed by atoms with E-state index in [4.69, 9.17) is 0 Å². The Morgan fingerprint density at radius 2 is 1.12 bits per heavy atom. The van der Waals surface area contributed by atoms with Gasteiger partial charge in [-0.1, -0.05) is 60.7 Å². The van der Waals surface area contributed by atoms with Crippen LogP contribution in [0.15, 0.2) is 128 Å². The first kappa shape index (κ1) is 18.4. The van der Waals surface area contributed by atoms with Crippen LogP contribution >= 0.6 is 0 Å². The lowest BCUT2D eigenvalue weighted by atomic mass is 10.1. The molecule has 0 amide bonds. The summed E-state index contributed by atoms with van der Waals surface area (Å²) >= 11 is 0. The normalized spacial score (nSPS) is 11.1. The third-order valence-electron chi connectivity index (χ3n) is 5.87. The number of anilines is 3. The van der Waals surface area contributed by atoms with Gasteiger partial charge in [-0.15, -0.1) is 0 Å². The number of benzene rings is 4. The van der Waals surface area contributed by atoms with Crippen molar-refractivity contribution in [2.24, 2.45) is 0 Å². The average molecular weight is 412 g/mol. The van der Waals surface area contributed by atoms with Gasteiger partial charge in [0.25, 0.3) is 0 Å². The lowest BCUT2D eigenvalue weighted by Gasteiger charge is -2.25. The van der Waals surface area contributed by atoms with Gasteiger partial charge in [0.15, 0.2) is 0 Å². The van der Waals surface area contributed by atoms with Crippen LogP contribution in [0.5, 0.6) is 0 Å². The highest BCUT2D eigenvalue weighted by Crippen LogP contribution is 2.39. The van der Waals surface area contributed by atoms with E-state index in [0.717, 1.165) is 22.7 Å². The topological polar surface area (TPSA) is 21.1 Å². The summed E-state index contributed by atoms with van der Waals surface area (Å²) in [7, 11) is 0.